The Morgan fingerprint density at radius 2 is 2.10 bits per heavy atom. The van der Waals surface area contributed by atoms with Crippen molar-refractivity contribution in [1.82, 2.24) is 15.1 Å². The monoisotopic (exact) mass is 285 g/mol. The molecule has 2 amide bonds. The minimum absolute atomic E-state index is 0.0158. The Hall–Kier alpha value is -1.14. The highest BCUT2D eigenvalue weighted by Crippen LogP contribution is 2.17. The van der Waals surface area contributed by atoms with Crippen molar-refractivity contribution in [1.29, 1.82) is 0 Å². The molecule has 0 aromatic carbocycles. The summed E-state index contributed by atoms with van der Waals surface area (Å²) in [6.07, 6.45) is 1.65. The number of likely N-dealkylation sites (tertiary alicyclic amines) is 1. The number of hydrogen-bond donors (Lipinski definition) is 2. The van der Waals surface area contributed by atoms with Crippen LogP contribution < -0.4 is 5.32 Å². The second-order valence-corrected chi connectivity index (χ2v) is 6.26. The minimum atomic E-state index is -0.950. The first-order valence-electron chi connectivity index (χ1n) is 7.11. The van der Waals surface area contributed by atoms with Crippen LogP contribution in [0.3, 0.4) is 0 Å². The van der Waals surface area contributed by atoms with Crippen molar-refractivity contribution in [3.05, 3.63) is 0 Å². The van der Waals surface area contributed by atoms with Crippen molar-refractivity contribution in [3.8, 4) is 0 Å². The first kappa shape index (κ1) is 16.9. The molecule has 1 fully saturated rings. The second-order valence-electron chi connectivity index (χ2n) is 6.26. The number of hydrogen-bond acceptors (Lipinski definition) is 4. The van der Waals surface area contributed by atoms with Crippen molar-refractivity contribution >= 4 is 11.8 Å². The Morgan fingerprint density at radius 3 is 2.65 bits per heavy atom. The minimum Gasteiger partial charge on any atom is -0.387 e. The van der Waals surface area contributed by atoms with Crippen molar-refractivity contribution in [2.45, 2.75) is 32.3 Å². The van der Waals surface area contributed by atoms with Crippen LogP contribution in [0.4, 0.5) is 0 Å². The highest BCUT2D eigenvalue weighted by atomic mass is 16.3. The summed E-state index contributed by atoms with van der Waals surface area (Å²) in [5, 5.41) is 13.0. The van der Waals surface area contributed by atoms with E-state index in [4.69, 9.17) is 0 Å². The van der Waals surface area contributed by atoms with Crippen molar-refractivity contribution in [3.63, 3.8) is 0 Å². The van der Waals surface area contributed by atoms with Crippen LogP contribution in [0.1, 0.15) is 26.7 Å². The average Bonchev–Trinajstić information content (AvgIpc) is 2.34. The lowest BCUT2D eigenvalue weighted by atomic mass is 9.96. The molecule has 2 N–H and O–H groups in total. The summed E-state index contributed by atoms with van der Waals surface area (Å²) < 4.78 is 0. The summed E-state index contributed by atoms with van der Waals surface area (Å²) in [5.41, 5.74) is -0.950. The van der Waals surface area contributed by atoms with Gasteiger partial charge in [0, 0.05) is 33.1 Å². The number of amides is 2. The highest BCUT2D eigenvalue weighted by Gasteiger charge is 2.29. The molecule has 0 aliphatic carbocycles. The maximum atomic E-state index is 12.1. The molecule has 1 aliphatic rings. The second kappa shape index (κ2) is 7.04. The SMILES string of the molecule is CC(=O)N1CCCC(C(=O)NCC(C)(O)CN(C)C)C1. The molecular formula is C14H27N3O3. The van der Waals surface area contributed by atoms with Gasteiger partial charge in [0.25, 0.3) is 0 Å². The van der Waals surface area contributed by atoms with E-state index < -0.39 is 5.60 Å². The lowest BCUT2D eigenvalue weighted by Crippen LogP contribution is -2.50. The van der Waals surface area contributed by atoms with Crippen LogP contribution in [0.15, 0.2) is 0 Å². The summed E-state index contributed by atoms with van der Waals surface area (Å²) in [6, 6.07) is 0. The van der Waals surface area contributed by atoms with E-state index in [1.807, 2.05) is 19.0 Å². The van der Waals surface area contributed by atoms with Crippen LogP contribution in [0, 0.1) is 5.92 Å². The van der Waals surface area contributed by atoms with E-state index in [-0.39, 0.29) is 24.3 Å². The van der Waals surface area contributed by atoms with Gasteiger partial charge in [0.2, 0.25) is 11.8 Å². The zero-order valence-corrected chi connectivity index (χ0v) is 13.0. The molecule has 20 heavy (non-hydrogen) atoms. The summed E-state index contributed by atoms with van der Waals surface area (Å²) in [5.74, 6) is -0.222. The predicted octanol–water partition coefficient (Wildman–Crippen LogP) is -0.326. The van der Waals surface area contributed by atoms with Crippen LogP contribution in [0.5, 0.6) is 0 Å². The predicted molar refractivity (Wildman–Crippen MR) is 77.2 cm³/mol. The molecule has 116 valence electrons. The molecule has 1 rings (SSSR count). The molecule has 0 saturated carbocycles. The third-order valence-electron chi connectivity index (χ3n) is 3.54. The molecule has 0 spiro atoms. The Bertz CT molecular complexity index is 356. The van der Waals surface area contributed by atoms with Crippen molar-refractivity contribution < 1.29 is 14.7 Å². The van der Waals surface area contributed by atoms with Gasteiger partial charge in [0.15, 0.2) is 0 Å². The molecule has 1 aliphatic heterocycles. The van der Waals surface area contributed by atoms with Crippen LogP contribution in [0.25, 0.3) is 0 Å². The van der Waals surface area contributed by atoms with E-state index in [2.05, 4.69) is 5.32 Å². The maximum absolute atomic E-state index is 12.1. The van der Waals surface area contributed by atoms with E-state index in [0.29, 0.717) is 13.1 Å². The van der Waals surface area contributed by atoms with Crippen LogP contribution in [-0.4, -0.2) is 72.6 Å². The van der Waals surface area contributed by atoms with Gasteiger partial charge >= 0.3 is 0 Å². The van der Waals surface area contributed by atoms with Gasteiger partial charge in [-0.3, -0.25) is 9.59 Å². The van der Waals surface area contributed by atoms with Crippen molar-refractivity contribution in [2.24, 2.45) is 5.92 Å². The van der Waals surface area contributed by atoms with Gasteiger partial charge in [-0.2, -0.15) is 0 Å². The fourth-order valence-corrected chi connectivity index (χ4v) is 2.64. The van der Waals surface area contributed by atoms with Gasteiger partial charge in [-0.25, -0.2) is 0 Å². The summed E-state index contributed by atoms with van der Waals surface area (Å²) in [6.45, 7) is 5.16. The lowest BCUT2D eigenvalue weighted by Gasteiger charge is -2.32. The third kappa shape index (κ3) is 5.46. The van der Waals surface area contributed by atoms with Gasteiger partial charge in [0.1, 0.15) is 0 Å². The number of nitrogens with one attached hydrogen (secondary N) is 1. The summed E-state index contributed by atoms with van der Waals surface area (Å²) in [4.78, 5) is 27.1. The van der Waals surface area contributed by atoms with Gasteiger partial charge in [-0.05, 0) is 33.9 Å². The number of piperidine rings is 1. The molecular weight excluding hydrogens is 258 g/mol. The number of rotatable bonds is 5. The van der Waals surface area contributed by atoms with E-state index in [9.17, 15) is 14.7 Å². The maximum Gasteiger partial charge on any atom is 0.225 e. The number of likely N-dealkylation sites (N-methyl/N-ethyl adjacent to an activating group) is 1. The summed E-state index contributed by atoms with van der Waals surface area (Å²) in [7, 11) is 3.75. The molecule has 2 atom stereocenters. The normalized spacial score (nSPS) is 22.5. The summed E-state index contributed by atoms with van der Waals surface area (Å²) >= 11 is 0. The first-order chi connectivity index (χ1) is 9.21. The van der Waals surface area contributed by atoms with Crippen LogP contribution in [-0.2, 0) is 9.59 Å². The zero-order valence-electron chi connectivity index (χ0n) is 13.0. The van der Waals surface area contributed by atoms with Gasteiger partial charge in [-0.1, -0.05) is 0 Å². The molecule has 0 aromatic rings. The van der Waals surface area contributed by atoms with Crippen LogP contribution >= 0.6 is 0 Å². The fourth-order valence-electron chi connectivity index (χ4n) is 2.64. The Kier molecular flexibility index (Phi) is 5.95. The average molecular weight is 285 g/mol. The molecule has 1 heterocycles. The van der Waals surface area contributed by atoms with Gasteiger partial charge < -0.3 is 20.2 Å². The standard InChI is InChI=1S/C14H27N3O3/c1-11(18)17-7-5-6-12(8-17)13(19)15-9-14(2,20)10-16(3)4/h12,20H,5-10H2,1-4H3,(H,15,19). The quantitative estimate of drug-likeness (QED) is 0.726. The van der Waals surface area contributed by atoms with Gasteiger partial charge in [-0.15, -0.1) is 0 Å². The number of carbonyl (C=O) groups excluding carboxylic acids is 2. The Balaban J connectivity index is 2.44. The van der Waals surface area contributed by atoms with Crippen LogP contribution in [0.2, 0.25) is 0 Å². The molecule has 0 bridgehead atoms. The Labute approximate surface area is 121 Å². The first-order valence-corrected chi connectivity index (χ1v) is 7.11. The third-order valence-corrected chi connectivity index (χ3v) is 3.54. The molecule has 2 unspecified atom stereocenters. The largest absolute Gasteiger partial charge is 0.387 e. The smallest absolute Gasteiger partial charge is 0.225 e. The molecule has 6 nitrogen and oxygen atoms in total. The van der Waals surface area contributed by atoms with Gasteiger partial charge in [0.05, 0.1) is 11.5 Å². The zero-order chi connectivity index (χ0) is 15.3. The lowest BCUT2D eigenvalue weighted by molar-refractivity contribution is -0.134. The molecule has 6 heteroatoms. The number of nitrogens with zero attached hydrogens (tertiary/aromatic N) is 2. The molecule has 1 saturated heterocycles. The Morgan fingerprint density at radius 1 is 1.45 bits per heavy atom. The number of aliphatic hydroxyl groups is 1. The number of carbonyl (C=O) groups is 2. The highest BCUT2D eigenvalue weighted by molar-refractivity contribution is 5.80. The molecule has 0 radical (unpaired) electrons. The topological polar surface area (TPSA) is 72.9 Å². The van der Waals surface area contributed by atoms with E-state index >= 15 is 0 Å². The van der Waals surface area contributed by atoms with E-state index in [1.54, 1.807) is 11.8 Å². The van der Waals surface area contributed by atoms with E-state index in [0.717, 1.165) is 19.4 Å². The fraction of sp³-hybridized carbons (Fsp3) is 0.857. The van der Waals surface area contributed by atoms with E-state index in [1.165, 1.54) is 6.92 Å². The molecule has 0 aromatic heterocycles. The van der Waals surface area contributed by atoms with Crippen molar-refractivity contribution in [2.75, 3.05) is 40.3 Å².